The van der Waals surface area contributed by atoms with E-state index in [-0.39, 0.29) is 31.0 Å². The number of carbonyl (C=O) groups excluding carboxylic acids is 2. The first-order chi connectivity index (χ1) is 12.7. The lowest BCUT2D eigenvalue weighted by molar-refractivity contribution is -0.132. The van der Waals surface area contributed by atoms with Crippen LogP contribution in [0.4, 0.5) is 0 Å². The summed E-state index contributed by atoms with van der Waals surface area (Å²) >= 11 is 0. The second-order valence-electron chi connectivity index (χ2n) is 6.69. The van der Waals surface area contributed by atoms with Crippen LogP contribution in [0.1, 0.15) is 42.5 Å². The van der Waals surface area contributed by atoms with E-state index in [0.29, 0.717) is 56.2 Å². The van der Waals surface area contributed by atoms with Crippen LogP contribution in [0.2, 0.25) is 0 Å². The van der Waals surface area contributed by atoms with Gasteiger partial charge >= 0.3 is 0 Å². The zero-order valence-electron chi connectivity index (χ0n) is 15.5. The van der Waals surface area contributed by atoms with Crippen molar-refractivity contribution in [3.8, 4) is 11.5 Å². The number of piperazine rings is 1. The lowest BCUT2D eigenvalue weighted by Gasteiger charge is -2.35. The molecule has 2 aliphatic heterocycles. The van der Waals surface area contributed by atoms with Crippen molar-refractivity contribution in [3.63, 3.8) is 0 Å². The van der Waals surface area contributed by atoms with Gasteiger partial charge in [0, 0.05) is 38.2 Å². The summed E-state index contributed by atoms with van der Waals surface area (Å²) in [6.07, 6.45) is 4.65. The molecule has 7 nitrogen and oxygen atoms in total. The van der Waals surface area contributed by atoms with Crippen molar-refractivity contribution < 1.29 is 19.1 Å². The maximum atomic E-state index is 12.7. The molecule has 0 radical (unpaired) electrons. The summed E-state index contributed by atoms with van der Waals surface area (Å²) in [7, 11) is 0. The molecule has 150 valence electrons. The fraction of sp³-hybridized carbons (Fsp3) is 0.579. The molecule has 0 aliphatic carbocycles. The number of hydrogen-bond donors (Lipinski definition) is 1. The highest BCUT2D eigenvalue weighted by molar-refractivity contribution is 5.95. The summed E-state index contributed by atoms with van der Waals surface area (Å²) in [5.41, 5.74) is 6.06. The molecule has 0 spiro atoms. The SMILES string of the molecule is Cl.NCCCCCCC(=O)N1CCN(C(=O)c2ccc3c(c2)OCO3)CC1. The average Bonchev–Trinajstić information content (AvgIpc) is 3.15. The molecule has 2 amide bonds. The van der Waals surface area contributed by atoms with Crippen LogP contribution in [0, 0.1) is 0 Å². The van der Waals surface area contributed by atoms with E-state index >= 15 is 0 Å². The molecule has 2 aliphatic rings. The third-order valence-corrected chi connectivity index (χ3v) is 4.88. The number of carbonyl (C=O) groups is 2. The minimum atomic E-state index is -0.0304. The number of rotatable bonds is 7. The maximum Gasteiger partial charge on any atom is 0.254 e. The minimum Gasteiger partial charge on any atom is -0.454 e. The Balaban J connectivity index is 0.00000261. The van der Waals surface area contributed by atoms with Gasteiger partial charge in [0.05, 0.1) is 0 Å². The number of ether oxygens (including phenoxy) is 2. The molecule has 1 aromatic carbocycles. The molecule has 0 aromatic heterocycles. The number of nitrogens with zero attached hydrogens (tertiary/aromatic N) is 2. The van der Waals surface area contributed by atoms with Gasteiger partial charge in [-0.2, -0.15) is 0 Å². The summed E-state index contributed by atoms with van der Waals surface area (Å²) in [6.45, 7) is 3.22. The molecule has 27 heavy (non-hydrogen) atoms. The largest absolute Gasteiger partial charge is 0.454 e. The summed E-state index contributed by atoms with van der Waals surface area (Å²) < 4.78 is 10.6. The van der Waals surface area contributed by atoms with Crippen molar-refractivity contribution in [2.45, 2.75) is 32.1 Å². The fourth-order valence-corrected chi connectivity index (χ4v) is 3.30. The highest BCUT2D eigenvalue weighted by Gasteiger charge is 2.25. The number of fused-ring (bicyclic) bond motifs is 1. The van der Waals surface area contributed by atoms with E-state index in [1.807, 2.05) is 4.90 Å². The third-order valence-electron chi connectivity index (χ3n) is 4.88. The molecule has 1 saturated heterocycles. The summed E-state index contributed by atoms with van der Waals surface area (Å²) in [5, 5.41) is 0. The Bertz CT molecular complexity index is 648. The Morgan fingerprint density at radius 2 is 1.59 bits per heavy atom. The summed E-state index contributed by atoms with van der Waals surface area (Å²) in [6, 6.07) is 5.25. The van der Waals surface area contributed by atoms with Crippen LogP contribution >= 0.6 is 12.4 Å². The fourth-order valence-electron chi connectivity index (χ4n) is 3.30. The Morgan fingerprint density at radius 1 is 0.926 bits per heavy atom. The number of nitrogens with two attached hydrogens (primary N) is 1. The number of benzene rings is 1. The second-order valence-corrected chi connectivity index (χ2v) is 6.69. The lowest BCUT2D eigenvalue weighted by Crippen LogP contribution is -2.50. The first kappa shape index (κ1) is 21.3. The highest BCUT2D eigenvalue weighted by Crippen LogP contribution is 2.32. The zero-order valence-corrected chi connectivity index (χ0v) is 16.3. The van der Waals surface area contributed by atoms with E-state index in [1.165, 1.54) is 0 Å². The quantitative estimate of drug-likeness (QED) is 0.711. The molecule has 3 rings (SSSR count). The van der Waals surface area contributed by atoms with Crippen molar-refractivity contribution in [3.05, 3.63) is 23.8 Å². The molecule has 0 unspecified atom stereocenters. The van der Waals surface area contributed by atoms with Crippen molar-refractivity contribution in [2.75, 3.05) is 39.5 Å². The van der Waals surface area contributed by atoms with Crippen LogP contribution in [0.25, 0.3) is 0 Å². The molecular formula is C19H28ClN3O4. The Morgan fingerprint density at radius 3 is 2.33 bits per heavy atom. The Labute approximate surface area is 166 Å². The van der Waals surface area contributed by atoms with E-state index in [0.717, 1.165) is 25.7 Å². The van der Waals surface area contributed by atoms with Gasteiger partial charge < -0.3 is 25.0 Å². The molecule has 2 heterocycles. The molecule has 2 N–H and O–H groups in total. The maximum absolute atomic E-state index is 12.7. The minimum absolute atomic E-state index is 0. The smallest absolute Gasteiger partial charge is 0.254 e. The third kappa shape index (κ3) is 5.49. The van der Waals surface area contributed by atoms with Crippen molar-refractivity contribution >= 4 is 24.2 Å². The zero-order chi connectivity index (χ0) is 18.4. The second kappa shape index (κ2) is 10.4. The van der Waals surface area contributed by atoms with Crippen molar-refractivity contribution in [1.82, 2.24) is 9.80 Å². The molecule has 1 fully saturated rings. The van der Waals surface area contributed by atoms with Crippen LogP contribution in [0.15, 0.2) is 18.2 Å². The van der Waals surface area contributed by atoms with Crippen molar-refractivity contribution in [1.29, 1.82) is 0 Å². The van der Waals surface area contributed by atoms with E-state index in [1.54, 1.807) is 23.1 Å². The highest BCUT2D eigenvalue weighted by atomic mass is 35.5. The van der Waals surface area contributed by atoms with Crippen LogP contribution < -0.4 is 15.2 Å². The molecule has 0 bridgehead atoms. The van der Waals surface area contributed by atoms with Crippen LogP contribution in [0.5, 0.6) is 11.5 Å². The number of unbranched alkanes of at least 4 members (excludes halogenated alkanes) is 3. The monoisotopic (exact) mass is 397 g/mol. The van der Waals surface area contributed by atoms with E-state index in [4.69, 9.17) is 15.2 Å². The standard InChI is InChI=1S/C19H27N3O4.ClH/c20-8-4-2-1-3-5-18(23)21-9-11-22(12-10-21)19(24)15-6-7-16-17(13-15)26-14-25-16;/h6-7,13H,1-5,8-12,14,20H2;1H. The molecule has 0 saturated carbocycles. The number of amides is 2. The summed E-state index contributed by atoms with van der Waals surface area (Å²) in [4.78, 5) is 28.6. The molecule has 8 heteroatoms. The van der Waals surface area contributed by atoms with Gasteiger partial charge in [-0.25, -0.2) is 0 Å². The molecular weight excluding hydrogens is 370 g/mol. The lowest BCUT2D eigenvalue weighted by atomic mass is 10.1. The van der Waals surface area contributed by atoms with Gasteiger partial charge in [-0.3, -0.25) is 9.59 Å². The molecule has 1 aromatic rings. The van der Waals surface area contributed by atoms with Gasteiger partial charge in [0.15, 0.2) is 11.5 Å². The predicted octanol–water partition coefficient (Wildman–Crippen LogP) is 2.03. The normalized spacial score (nSPS) is 15.4. The molecule has 0 atom stereocenters. The van der Waals surface area contributed by atoms with Gasteiger partial charge in [-0.1, -0.05) is 12.8 Å². The first-order valence-electron chi connectivity index (χ1n) is 9.36. The van der Waals surface area contributed by atoms with Gasteiger partial charge in [0.1, 0.15) is 0 Å². The Hall–Kier alpha value is -1.99. The number of halogens is 1. The van der Waals surface area contributed by atoms with E-state index < -0.39 is 0 Å². The van der Waals surface area contributed by atoms with Crippen molar-refractivity contribution in [2.24, 2.45) is 5.73 Å². The van der Waals surface area contributed by atoms with E-state index in [9.17, 15) is 9.59 Å². The summed E-state index contributed by atoms with van der Waals surface area (Å²) in [5.74, 6) is 1.44. The van der Waals surface area contributed by atoms with E-state index in [2.05, 4.69) is 0 Å². The van der Waals surface area contributed by atoms with Crippen LogP contribution in [-0.4, -0.2) is 61.1 Å². The number of hydrogen-bond acceptors (Lipinski definition) is 5. The average molecular weight is 398 g/mol. The van der Waals surface area contributed by atoms with Gasteiger partial charge in [-0.15, -0.1) is 12.4 Å². The topological polar surface area (TPSA) is 85.1 Å². The van der Waals surface area contributed by atoms with Crippen LogP contribution in [0.3, 0.4) is 0 Å². The van der Waals surface area contributed by atoms with Gasteiger partial charge in [0.25, 0.3) is 5.91 Å². The first-order valence-corrected chi connectivity index (χ1v) is 9.36. The van der Waals surface area contributed by atoms with Crippen LogP contribution in [-0.2, 0) is 4.79 Å². The predicted molar refractivity (Wildman–Crippen MR) is 104 cm³/mol. The van der Waals surface area contributed by atoms with Gasteiger partial charge in [0.2, 0.25) is 12.7 Å². The van der Waals surface area contributed by atoms with Gasteiger partial charge in [-0.05, 0) is 37.6 Å². The Kier molecular flexibility index (Phi) is 8.19.